The van der Waals surface area contributed by atoms with Crippen molar-refractivity contribution in [3.8, 4) is 0 Å². The van der Waals surface area contributed by atoms with E-state index < -0.39 is 0 Å². The Morgan fingerprint density at radius 1 is 1.11 bits per heavy atom. The number of aromatic amines is 1. The third kappa shape index (κ3) is 3.44. The molecule has 0 aliphatic rings. The minimum Gasteiger partial charge on any atom is -0.360 e. The minimum absolute atomic E-state index is 0.00931. The Balaban J connectivity index is 1.68. The Labute approximate surface area is 156 Å². The van der Waals surface area contributed by atoms with Crippen LogP contribution in [0.4, 0.5) is 5.82 Å². The lowest BCUT2D eigenvalue weighted by Gasteiger charge is -2.14. The number of hydrogen-bond acceptors (Lipinski definition) is 5. The first-order valence-electron chi connectivity index (χ1n) is 8.81. The molecule has 136 valence electrons. The number of anilines is 1. The summed E-state index contributed by atoms with van der Waals surface area (Å²) in [5.41, 5.74) is 3.93. The van der Waals surface area contributed by atoms with E-state index in [9.17, 15) is 4.79 Å². The van der Waals surface area contributed by atoms with Crippen LogP contribution in [0.2, 0.25) is 0 Å². The van der Waals surface area contributed by atoms with Gasteiger partial charge in [-0.25, -0.2) is 9.78 Å². The van der Waals surface area contributed by atoms with Crippen LogP contribution in [0.3, 0.4) is 0 Å². The molecule has 0 fully saturated rings. The monoisotopic (exact) mass is 360 g/mol. The van der Waals surface area contributed by atoms with Crippen molar-refractivity contribution < 1.29 is 0 Å². The van der Waals surface area contributed by atoms with Gasteiger partial charge in [-0.1, -0.05) is 65.4 Å². The average Bonchev–Trinajstić information content (AvgIpc) is 3.11. The van der Waals surface area contributed by atoms with Crippen molar-refractivity contribution in [2.45, 2.75) is 26.4 Å². The van der Waals surface area contributed by atoms with Gasteiger partial charge in [0.1, 0.15) is 0 Å². The van der Waals surface area contributed by atoms with Gasteiger partial charge < -0.3 is 5.32 Å². The average molecular weight is 360 g/mol. The van der Waals surface area contributed by atoms with Crippen molar-refractivity contribution >= 4 is 16.9 Å². The molecule has 2 aromatic carbocycles. The van der Waals surface area contributed by atoms with Gasteiger partial charge in [-0.05, 0) is 25.0 Å². The highest BCUT2D eigenvalue weighted by Crippen LogP contribution is 2.21. The van der Waals surface area contributed by atoms with Crippen molar-refractivity contribution in [3.63, 3.8) is 0 Å². The molecule has 1 atom stereocenters. The summed E-state index contributed by atoms with van der Waals surface area (Å²) in [6, 6.07) is 18.2. The summed E-state index contributed by atoms with van der Waals surface area (Å²) in [4.78, 5) is 12.4. The maximum atomic E-state index is 12.4. The first-order valence-corrected chi connectivity index (χ1v) is 8.81. The molecule has 0 amide bonds. The Kier molecular flexibility index (Phi) is 4.42. The quantitative estimate of drug-likeness (QED) is 0.571. The number of aryl methyl sites for hydroxylation is 1. The lowest BCUT2D eigenvalue weighted by molar-refractivity contribution is 0.667. The largest absolute Gasteiger partial charge is 0.360 e. The molecule has 0 aliphatic carbocycles. The van der Waals surface area contributed by atoms with Crippen LogP contribution >= 0.6 is 0 Å². The number of nitrogens with one attached hydrogen (secondary N) is 2. The van der Waals surface area contributed by atoms with Gasteiger partial charge in [0.15, 0.2) is 16.9 Å². The number of rotatable bonds is 5. The lowest BCUT2D eigenvalue weighted by Crippen LogP contribution is -2.17. The molecule has 7 heteroatoms. The van der Waals surface area contributed by atoms with Gasteiger partial charge in [0, 0.05) is 0 Å². The smallest absolute Gasteiger partial charge is 0.292 e. The van der Waals surface area contributed by atoms with Crippen molar-refractivity contribution in [1.82, 2.24) is 25.2 Å². The number of benzene rings is 2. The highest BCUT2D eigenvalue weighted by molar-refractivity contribution is 5.84. The Hall–Kier alpha value is -3.48. The Bertz CT molecular complexity index is 1110. The zero-order chi connectivity index (χ0) is 18.8. The van der Waals surface area contributed by atoms with E-state index in [-0.39, 0.29) is 11.6 Å². The van der Waals surface area contributed by atoms with Crippen LogP contribution in [0.5, 0.6) is 0 Å². The lowest BCUT2D eigenvalue weighted by atomic mass is 10.1. The molecule has 0 spiro atoms. The van der Waals surface area contributed by atoms with E-state index in [0.717, 1.165) is 11.1 Å². The summed E-state index contributed by atoms with van der Waals surface area (Å²) < 4.78 is 1.61. The molecular formula is C20H20N6O. The molecule has 0 bridgehead atoms. The number of hydrogen-bond donors (Lipinski definition) is 2. The molecule has 4 aromatic rings. The SMILES string of the molecule is Cc1ccc(Cn2nnc3c(NC(C)c4ccccc4)n[nH]c(=O)c32)cc1. The van der Waals surface area contributed by atoms with Crippen LogP contribution in [-0.4, -0.2) is 25.2 Å². The number of nitrogens with zero attached hydrogens (tertiary/aromatic N) is 4. The molecule has 4 rings (SSSR count). The number of H-pyrrole nitrogens is 1. The van der Waals surface area contributed by atoms with Crippen LogP contribution in [-0.2, 0) is 6.54 Å². The van der Waals surface area contributed by atoms with E-state index in [1.54, 1.807) is 4.68 Å². The van der Waals surface area contributed by atoms with Crippen molar-refractivity contribution in [2.24, 2.45) is 0 Å². The van der Waals surface area contributed by atoms with E-state index in [2.05, 4.69) is 25.8 Å². The highest BCUT2D eigenvalue weighted by atomic mass is 16.1. The standard InChI is InChI=1S/C20H20N6O/c1-13-8-10-15(11-9-13)12-26-18-17(22-25-26)19(23-24-20(18)27)21-14(2)16-6-4-3-5-7-16/h3-11,14H,12H2,1-2H3,(H,21,23)(H,24,27). The molecule has 0 saturated heterocycles. The molecule has 1 unspecified atom stereocenters. The fourth-order valence-electron chi connectivity index (χ4n) is 3.02. The first-order chi connectivity index (χ1) is 13.1. The molecule has 0 radical (unpaired) electrons. The Morgan fingerprint density at radius 2 is 1.85 bits per heavy atom. The fourth-order valence-corrected chi connectivity index (χ4v) is 3.02. The van der Waals surface area contributed by atoms with E-state index in [1.807, 2.05) is 68.4 Å². The number of aromatic nitrogens is 5. The maximum absolute atomic E-state index is 12.4. The molecule has 2 aromatic heterocycles. The minimum atomic E-state index is -0.306. The van der Waals surface area contributed by atoms with Crippen molar-refractivity contribution in [2.75, 3.05) is 5.32 Å². The highest BCUT2D eigenvalue weighted by Gasteiger charge is 2.16. The first kappa shape index (κ1) is 17.0. The summed E-state index contributed by atoms with van der Waals surface area (Å²) >= 11 is 0. The molecular weight excluding hydrogens is 340 g/mol. The van der Waals surface area contributed by atoms with Gasteiger partial charge in [0.2, 0.25) is 0 Å². The Morgan fingerprint density at radius 3 is 2.59 bits per heavy atom. The molecule has 27 heavy (non-hydrogen) atoms. The van der Waals surface area contributed by atoms with Crippen LogP contribution in [0, 0.1) is 6.92 Å². The summed E-state index contributed by atoms with van der Waals surface area (Å²) in [5, 5.41) is 18.4. The zero-order valence-electron chi connectivity index (χ0n) is 15.2. The molecule has 0 aliphatic heterocycles. The molecule has 7 nitrogen and oxygen atoms in total. The van der Waals surface area contributed by atoms with Crippen LogP contribution < -0.4 is 10.9 Å². The van der Waals surface area contributed by atoms with E-state index in [1.165, 1.54) is 5.56 Å². The predicted octanol–water partition coefficient (Wildman–Crippen LogP) is 3.04. The van der Waals surface area contributed by atoms with Gasteiger partial charge in [0.25, 0.3) is 5.56 Å². The normalized spacial score (nSPS) is 12.2. The third-order valence-corrected chi connectivity index (χ3v) is 4.55. The van der Waals surface area contributed by atoms with Crippen LogP contribution in [0.1, 0.15) is 29.7 Å². The molecule has 2 N–H and O–H groups in total. The van der Waals surface area contributed by atoms with Gasteiger partial charge in [-0.3, -0.25) is 4.79 Å². The van der Waals surface area contributed by atoms with Crippen LogP contribution in [0.25, 0.3) is 11.0 Å². The van der Waals surface area contributed by atoms with E-state index >= 15 is 0 Å². The van der Waals surface area contributed by atoms with E-state index in [4.69, 9.17) is 0 Å². The topological polar surface area (TPSA) is 88.5 Å². The van der Waals surface area contributed by atoms with Gasteiger partial charge in [-0.15, -0.1) is 5.10 Å². The zero-order valence-corrected chi connectivity index (χ0v) is 15.2. The second kappa shape index (κ2) is 7.03. The number of fused-ring (bicyclic) bond motifs is 1. The van der Waals surface area contributed by atoms with Gasteiger partial charge in [-0.2, -0.15) is 5.10 Å². The molecule has 2 heterocycles. The fraction of sp³-hybridized carbons (Fsp3) is 0.200. The van der Waals surface area contributed by atoms with Gasteiger partial charge >= 0.3 is 0 Å². The summed E-state index contributed by atoms with van der Waals surface area (Å²) in [6.07, 6.45) is 0. The van der Waals surface area contributed by atoms with Crippen molar-refractivity contribution in [3.05, 3.63) is 81.6 Å². The predicted molar refractivity (Wildman–Crippen MR) is 105 cm³/mol. The van der Waals surface area contributed by atoms with E-state index in [0.29, 0.717) is 23.4 Å². The molecule has 0 saturated carbocycles. The second-order valence-electron chi connectivity index (χ2n) is 6.61. The van der Waals surface area contributed by atoms with Gasteiger partial charge in [0.05, 0.1) is 12.6 Å². The third-order valence-electron chi connectivity index (χ3n) is 4.55. The summed E-state index contributed by atoms with van der Waals surface area (Å²) in [6.45, 7) is 4.54. The van der Waals surface area contributed by atoms with Crippen LogP contribution in [0.15, 0.2) is 59.4 Å². The summed E-state index contributed by atoms with van der Waals surface area (Å²) in [5.74, 6) is 0.510. The maximum Gasteiger partial charge on any atom is 0.292 e. The second-order valence-corrected chi connectivity index (χ2v) is 6.61. The summed E-state index contributed by atoms with van der Waals surface area (Å²) in [7, 11) is 0. The van der Waals surface area contributed by atoms with Crippen molar-refractivity contribution in [1.29, 1.82) is 0 Å².